The number of carbonyl (C=O) groups excluding carboxylic acids is 1. The molecule has 218 valence electrons. The maximum Gasteiger partial charge on any atom is 0.343 e. The van der Waals surface area contributed by atoms with Gasteiger partial charge in [-0.3, -0.25) is 4.99 Å². The third-order valence-corrected chi connectivity index (χ3v) is 7.67. The number of benzene rings is 4. The molecule has 4 aromatic carbocycles. The zero-order valence-electron chi connectivity index (χ0n) is 25.3. The molecule has 0 saturated heterocycles. The summed E-state index contributed by atoms with van der Waals surface area (Å²) in [4.78, 5) is 17.4. The first kappa shape index (κ1) is 31.0. The molecule has 0 aliphatic carbocycles. The Morgan fingerprint density at radius 2 is 1.29 bits per heavy atom. The van der Waals surface area contributed by atoms with Gasteiger partial charge in [-0.1, -0.05) is 119 Å². The van der Waals surface area contributed by atoms with Gasteiger partial charge in [0.2, 0.25) is 0 Å². The fourth-order valence-electron chi connectivity index (χ4n) is 5.13. The zero-order valence-corrected chi connectivity index (χ0v) is 25.3. The highest BCUT2D eigenvalue weighted by atomic mass is 16.5. The highest BCUT2D eigenvalue weighted by Gasteiger charge is 2.09. The molecule has 42 heavy (non-hydrogen) atoms. The normalized spacial score (nSPS) is 12.0. The van der Waals surface area contributed by atoms with E-state index >= 15 is 0 Å². The molecule has 0 aliphatic heterocycles. The molecular weight excluding hydrogens is 514 g/mol. The molecule has 0 N–H and O–H groups in total. The second-order valence-corrected chi connectivity index (χ2v) is 11.3. The van der Waals surface area contributed by atoms with Crippen LogP contribution in [-0.4, -0.2) is 18.2 Å². The van der Waals surface area contributed by atoms with Gasteiger partial charge < -0.3 is 4.74 Å². The summed E-state index contributed by atoms with van der Waals surface area (Å²) in [7, 11) is 0. The maximum atomic E-state index is 12.7. The predicted molar refractivity (Wildman–Crippen MR) is 177 cm³/mol. The van der Waals surface area contributed by atoms with E-state index in [4.69, 9.17) is 4.74 Å². The molecule has 3 heteroatoms. The van der Waals surface area contributed by atoms with Crippen molar-refractivity contribution in [3.8, 4) is 16.9 Å². The van der Waals surface area contributed by atoms with E-state index in [0.29, 0.717) is 11.3 Å². The van der Waals surface area contributed by atoms with Crippen LogP contribution in [0.5, 0.6) is 5.75 Å². The summed E-state index contributed by atoms with van der Waals surface area (Å²) in [6.07, 6.45) is 14.7. The lowest BCUT2D eigenvalue weighted by Gasteiger charge is -2.08. The highest BCUT2D eigenvalue weighted by molar-refractivity contribution is 5.91. The van der Waals surface area contributed by atoms with Crippen LogP contribution in [0, 0.1) is 0 Å². The number of carbonyl (C=O) groups is 1. The van der Waals surface area contributed by atoms with Crippen LogP contribution in [0.15, 0.2) is 108 Å². The lowest BCUT2D eigenvalue weighted by atomic mass is 10.00. The van der Waals surface area contributed by atoms with Crippen molar-refractivity contribution in [2.24, 2.45) is 4.99 Å². The number of hydrogen-bond acceptors (Lipinski definition) is 3. The van der Waals surface area contributed by atoms with Crippen molar-refractivity contribution < 1.29 is 9.53 Å². The molecule has 0 aromatic heterocycles. The summed E-state index contributed by atoms with van der Waals surface area (Å²) in [6, 6.07) is 34.5. The molecule has 0 fully saturated rings. The van der Waals surface area contributed by atoms with E-state index in [1.165, 1.54) is 62.5 Å². The molecule has 1 atom stereocenters. The third-order valence-electron chi connectivity index (χ3n) is 7.67. The van der Waals surface area contributed by atoms with E-state index in [0.717, 1.165) is 29.5 Å². The summed E-state index contributed by atoms with van der Waals surface area (Å²) >= 11 is 0. The molecule has 4 aromatic rings. The van der Waals surface area contributed by atoms with Gasteiger partial charge >= 0.3 is 5.97 Å². The quantitative estimate of drug-likeness (QED) is 0.0593. The number of aliphatic imine (C=N–C) groups is 1. The topological polar surface area (TPSA) is 38.7 Å². The van der Waals surface area contributed by atoms with Gasteiger partial charge in [-0.15, -0.1) is 0 Å². The fourth-order valence-corrected chi connectivity index (χ4v) is 5.13. The van der Waals surface area contributed by atoms with Crippen molar-refractivity contribution in [2.45, 2.75) is 84.1 Å². The zero-order chi connectivity index (χ0) is 29.4. The van der Waals surface area contributed by atoms with Crippen LogP contribution in [-0.2, 0) is 12.8 Å². The maximum absolute atomic E-state index is 12.7. The minimum Gasteiger partial charge on any atom is -0.423 e. The molecule has 0 saturated carbocycles. The van der Waals surface area contributed by atoms with Crippen LogP contribution in [0.4, 0.5) is 0 Å². The van der Waals surface area contributed by atoms with E-state index in [1.54, 1.807) is 0 Å². The number of hydrogen-bond donors (Lipinski definition) is 0. The molecule has 0 heterocycles. The molecule has 0 aliphatic rings. The average molecular weight is 560 g/mol. The Bertz CT molecular complexity index is 1360. The van der Waals surface area contributed by atoms with Crippen LogP contribution in [0.25, 0.3) is 11.1 Å². The summed E-state index contributed by atoms with van der Waals surface area (Å²) in [6.45, 7) is 4.38. The lowest BCUT2D eigenvalue weighted by Crippen LogP contribution is -2.08. The fraction of sp³-hybridized carbons (Fsp3) is 0.333. The van der Waals surface area contributed by atoms with Crippen molar-refractivity contribution in [3.63, 3.8) is 0 Å². The standard InChI is InChI=1S/C39H45NO2/c1-3-4-5-6-7-8-9-11-14-32-17-21-35(22-18-32)36-23-25-37(26-24-36)39(41)42-38-27-19-34(20-28-38)30-40-31(2)29-33-15-12-10-13-16-33/h10,12-13,15-28,30-31H,3-9,11,14,29H2,1-2H3. The number of esters is 1. The van der Waals surface area contributed by atoms with Crippen molar-refractivity contribution >= 4 is 12.2 Å². The number of aryl methyl sites for hydroxylation is 1. The summed E-state index contributed by atoms with van der Waals surface area (Å²) in [5, 5.41) is 0. The van der Waals surface area contributed by atoms with Crippen LogP contribution in [0.3, 0.4) is 0 Å². The lowest BCUT2D eigenvalue weighted by molar-refractivity contribution is 0.0735. The molecule has 0 radical (unpaired) electrons. The second-order valence-electron chi connectivity index (χ2n) is 11.3. The molecule has 4 rings (SSSR count). The van der Waals surface area contributed by atoms with E-state index in [2.05, 4.69) is 67.4 Å². The van der Waals surface area contributed by atoms with E-state index < -0.39 is 0 Å². The molecule has 0 amide bonds. The van der Waals surface area contributed by atoms with Crippen LogP contribution < -0.4 is 4.74 Å². The first-order chi connectivity index (χ1) is 20.6. The minimum atomic E-state index is -0.361. The Kier molecular flexibility index (Phi) is 12.6. The van der Waals surface area contributed by atoms with E-state index in [1.807, 2.05) is 60.8 Å². The Morgan fingerprint density at radius 1 is 0.690 bits per heavy atom. The highest BCUT2D eigenvalue weighted by Crippen LogP contribution is 2.22. The summed E-state index contributed by atoms with van der Waals surface area (Å²) in [5.41, 5.74) is 6.43. The SMILES string of the molecule is CCCCCCCCCCc1ccc(-c2ccc(C(=O)Oc3ccc(C=NC(C)Cc4ccccc4)cc3)cc2)cc1. The van der Waals surface area contributed by atoms with Crippen molar-refractivity contribution in [1.82, 2.24) is 0 Å². The van der Waals surface area contributed by atoms with Crippen molar-refractivity contribution in [3.05, 3.63) is 125 Å². The Hall–Kier alpha value is -3.98. The Labute approximate surface area is 252 Å². The molecule has 0 spiro atoms. The number of ether oxygens (including phenoxy) is 1. The second kappa shape index (κ2) is 17.1. The van der Waals surface area contributed by atoms with Crippen molar-refractivity contribution in [1.29, 1.82) is 0 Å². The Balaban J connectivity index is 1.21. The summed E-state index contributed by atoms with van der Waals surface area (Å²) < 4.78 is 5.62. The molecule has 3 nitrogen and oxygen atoms in total. The minimum absolute atomic E-state index is 0.186. The van der Waals surface area contributed by atoms with Crippen LogP contribution >= 0.6 is 0 Å². The number of rotatable bonds is 16. The van der Waals surface area contributed by atoms with Gasteiger partial charge in [0, 0.05) is 6.21 Å². The Morgan fingerprint density at radius 3 is 1.93 bits per heavy atom. The van der Waals surface area contributed by atoms with E-state index in [-0.39, 0.29) is 12.0 Å². The molecular formula is C39H45NO2. The number of unbranched alkanes of at least 4 members (excludes halogenated alkanes) is 7. The van der Waals surface area contributed by atoms with Gasteiger partial charge in [0.15, 0.2) is 0 Å². The third kappa shape index (κ3) is 10.4. The van der Waals surface area contributed by atoms with Gasteiger partial charge in [-0.25, -0.2) is 4.79 Å². The first-order valence-electron chi connectivity index (χ1n) is 15.7. The monoisotopic (exact) mass is 559 g/mol. The van der Waals surface area contributed by atoms with Crippen LogP contribution in [0.2, 0.25) is 0 Å². The van der Waals surface area contributed by atoms with Gasteiger partial charge in [0.05, 0.1) is 11.6 Å². The van der Waals surface area contributed by atoms with Crippen LogP contribution in [0.1, 0.15) is 92.3 Å². The van der Waals surface area contributed by atoms with Gasteiger partial charge in [-0.05, 0) is 90.4 Å². The molecule has 1 unspecified atom stereocenters. The van der Waals surface area contributed by atoms with Gasteiger partial charge in [0.1, 0.15) is 5.75 Å². The summed E-state index contributed by atoms with van der Waals surface area (Å²) in [5.74, 6) is 0.158. The number of nitrogens with zero attached hydrogens (tertiary/aromatic N) is 1. The predicted octanol–water partition coefficient (Wildman–Crippen LogP) is 10.3. The smallest absolute Gasteiger partial charge is 0.343 e. The average Bonchev–Trinajstić information content (AvgIpc) is 3.03. The molecule has 0 bridgehead atoms. The van der Waals surface area contributed by atoms with Gasteiger partial charge in [0.25, 0.3) is 0 Å². The largest absolute Gasteiger partial charge is 0.423 e. The first-order valence-corrected chi connectivity index (χ1v) is 15.7. The van der Waals surface area contributed by atoms with Gasteiger partial charge in [-0.2, -0.15) is 0 Å². The van der Waals surface area contributed by atoms with Crippen molar-refractivity contribution in [2.75, 3.05) is 0 Å². The van der Waals surface area contributed by atoms with E-state index in [9.17, 15) is 4.79 Å².